The number of nitrogens with zero attached hydrogens (tertiary/aromatic N) is 4. The number of phenolic OH excluding ortho intramolecular Hbond substituents is 1. The van der Waals surface area contributed by atoms with E-state index in [1.807, 2.05) is 18.2 Å². The van der Waals surface area contributed by atoms with Crippen LogP contribution in [-0.4, -0.2) is 71.1 Å². The number of anilines is 2. The highest BCUT2D eigenvalue weighted by Gasteiger charge is 2.39. The highest BCUT2D eigenvalue weighted by atomic mass is 16.3. The lowest BCUT2D eigenvalue weighted by Gasteiger charge is -2.50. The number of rotatable bonds is 2. The standard InChI is InChI=1S/C20H26N6O/c1-13-11-26-15(12-25(13)14-6-7-21-9-14)10-22-20-18(26)8-17(23-24-20)16-4-2-3-5-19(16)27/h2-5,8,13-15,21,27H,6-7,9-12H2,1H3,(H,22,24)/t13-,14?,15-/m0/s1. The Labute approximate surface area is 159 Å². The zero-order valence-electron chi connectivity index (χ0n) is 15.6. The number of aromatic nitrogens is 2. The lowest BCUT2D eigenvalue weighted by Crippen LogP contribution is -2.63. The number of fused-ring (bicyclic) bond motifs is 3. The minimum Gasteiger partial charge on any atom is -0.507 e. The predicted octanol–water partition coefficient (Wildman–Crippen LogP) is 1.52. The smallest absolute Gasteiger partial charge is 0.172 e. The number of hydrogen-bond acceptors (Lipinski definition) is 7. The van der Waals surface area contributed by atoms with Gasteiger partial charge >= 0.3 is 0 Å². The fraction of sp³-hybridized carbons (Fsp3) is 0.500. The monoisotopic (exact) mass is 366 g/mol. The lowest BCUT2D eigenvalue weighted by molar-refractivity contribution is 0.117. The van der Waals surface area contributed by atoms with E-state index in [0.717, 1.165) is 49.8 Å². The van der Waals surface area contributed by atoms with Crippen LogP contribution in [0.5, 0.6) is 5.75 Å². The molecule has 3 aliphatic heterocycles. The van der Waals surface area contributed by atoms with Crippen LogP contribution in [0.15, 0.2) is 30.3 Å². The first kappa shape index (κ1) is 16.8. The molecule has 0 aliphatic carbocycles. The Bertz CT molecular complexity index is 837. The quantitative estimate of drug-likeness (QED) is 0.744. The van der Waals surface area contributed by atoms with Crippen molar-refractivity contribution in [2.75, 3.05) is 42.9 Å². The maximum absolute atomic E-state index is 10.2. The van der Waals surface area contributed by atoms with Gasteiger partial charge in [0.25, 0.3) is 0 Å². The molecule has 0 spiro atoms. The molecule has 3 atom stereocenters. The third-order valence-corrected chi connectivity index (χ3v) is 6.16. The molecule has 0 saturated carbocycles. The van der Waals surface area contributed by atoms with E-state index in [-0.39, 0.29) is 5.75 Å². The van der Waals surface area contributed by atoms with Gasteiger partial charge in [-0.25, -0.2) is 0 Å². The second-order valence-corrected chi connectivity index (χ2v) is 7.86. The second kappa shape index (κ2) is 6.65. The van der Waals surface area contributed by atoms with Gasteiger partial charge in [0.2, 0.25) is 0 Å². The summed E-state index contributed by atoms with van der Waals surface area (Å²) in [5.74, 6) is 1.08. The van der Waals surface area contributed by atoms with Crippen molar-refractivity contribution >= 4 is 11.5 Å². The number of aromatic hydroxyl groups is 1. The van der Waals surface area contributed by atoms with Gasteiger partial charge in [-0.15, -0.1) is 10.2 Å². The van der Waals surface area contributed by atoms with E-state index < -0.39 is 0 Å². The van der Waals surface area contributed by atoms with Crippen molar-refractivity contribution in [3.8, 4) is 17.0 Å². The summed E-state index contributed by atoms with van der Waals surface area (Å²) in [4.78, 5) is 5.15. The molecule has 0 amide bonds. The van der Waals surface area contributed by atoms with Gasteiger partial charge in [-0.05, 0) is 38.1 Å². The number of piperazine rings is 1. The van der Waals surface area contributed by atoms with E-state index in [0.29, 0.717) is 23.8 Å². The molecule has 7 heteroatoms. The Morgan fingerprint density at radius 2 is 2.00 bits per heavy atom. The minimum atomic E-state index is 0.235. The third kappa shape index (κ3) is 2.91. The molecule has 7 nitrogen and oxygen atoms in total. The van der Waals surface area contributed by atoms with Crippen molar-refractivity contribution in [2.45, 2.75) is 31.5 Å². The molecule has 27 heavy (non-hydrogen) atoms. The minimum absolute atomic E-state index is 0.235. The molecule has 0 radical (unpaired) electrons. The van der Waals surface area contributed by atoms with Crippen molar-refractivity contribution in [3.63, 3.8) is 0 Å². The molecular weight excluding hydrogens is 340 g/mol. The highest BCUT2D eigenvalue weighted by molar-refractivity contribution is 5.76. The van der Waals surface area contributed by atoms with E-state index in [2.05, 4.69) is 43.6 Å². The van der Waals surface area contributed by atoms with Crippen LogP contribution in [0.4, 0.5) is 11.5 Å². The first-order valence-electron chi connectivity index (χ1n) is 9.84. The Morgan fingerprint density at radius 3 is 2.81 bits per heavy atom. The maximum atomic E-state index is 10.2. The number of nitrogens with one attached hydrogen (secondary N) is 2. The Morgan fingerprint density at radius 1 is 1.11 bits per heavy atom. The molecule has 142 valence electrons. The molecule has 3 N–H and O–H groups in total. The average molecular weight is 366 g/mol. The van der Waals surface area contributed by atoms with Crippen LogP contribution >= 0.6 is 0 Å². The molecule has 1 aromatic heterocycles. The van der Waals surface area contributed by atoms with Gasteiger partial charge in [0, 0.05) is 43.8 Å². The first-order valence-corrected chi connectivity index (χ1v) is 9.84. The number of phenols is 1. The van der Waals surface area contributed by atoms with Crippen LogP contribution in [0.3, 0.4) is 0 Å². The molecule has 0 bridgehead atoms. The molecule has 1 aromatic carbocycles. The van der Waals surface area contributed by atoms with Gasteiger partial charge in [-0.3, -0.25) is 4.90 Å². The van der Waals surface area contributed by atoms with Crippen molar-refractivity contribution < 1.29 is 5.11 Å². The molecule has 2 saturated heterocycles. The summed E-state index contributed by atoms with van der Waals surface area (Å²) in [5, 5.41) is 25.9. The third-order valence-electron chi connectivity index (χ3n) is 6.16. The molecule has 2 fully saturated rings. The molecular formula is C20H26N6O. The molecule has 3 aliphatic rings. The van der Waals surface area contributed by atoms with Crippen molar-refractivity contribution in [1.29, 1.82) is 0 Å². The Balaban J connectivity index is 1.45. The summed E-state index contributed by atoms with van der Waals surface area (Å²) < 4.78 is 0. The molecule has 4 heterocycles. The summed E-state index contributed by atoms with van der Waals surface area (Å²) in [6.45, 7) is 7.50. The van der Waals surface area contributed by atoms with E-state index in [1.165, 1.54) is 6.42 Å². The van der Waals surface area contributed by atoms with Gasteiger partial charge in [0.15, 0.2) is 5.82 Å². The van der Waals surface area contributed by atoms with Gasteiger partial charge in [0.05, 0.1) is 17.4 Å². The van der Waals surface area contributed by atoms with Crippen LogP contribution in [0, 0.1) is 0 Å². The number of para-hydroxylation sites is 1. The van der Waals surface area contributed by atoms with Crippen molar-refractivity contribution in [2.24, 2.45) is 0 Å². The van der Waals surface area contributed by atoms with Crippen LogP contribution in [-0.2, 0) is 0 Å². The van der Waals surface area contributed by atoms with Gasteiger partial charge in [-0.1, -0.05) is 12.1 Å². The zero-order chi connectivity index (χ0) is 18.4. The molecule has 2 aromatic rings. The Hall–Kier alpha value is -2.38. The average Bonchev–Trinajstić information content (AvgIpc) is 3.22. The molecule has 1 unspecified atom stereocenters. The summed E-state index contributed by atoms with van der Waals surface area (Å²) in [7, 11) is 0. The van der Waals surface area contributed by atoms with Crippen LogP contribution in [0.2, 0.25) is 0 Å². The SMILES string of the molecule is C[C@H]1CN2c3cc(-c4ccccc4O)nnc3NC[C@H]2CN1C1CCNC1. The van der Waals surface area contributed by atoms with Crippen LogP contribution < -0.4 is 15.5 Å². The van der Waals surface area contributed by atoms with E-state index >= 15 is 0 Å². The van der Waals surface area contributed by atoms with Crippen molar-refractivity contribution in [3.05, 3.63) is 30.3 Å². The number of benzene rings is 1. The normalized spacial score (nSPS) is 27.7. The summed E-state index contributed by atoms with van der Waals surface area (Å²) in [6, 6.07) is 10.9. The summed E-state index contributed by atoms with van der Waals surface area (Å²) in [5.41, 5.74) is 2.53. The highest BCUT2D eigenvalue weighted by Crippen LogP contribution is 2.37. The molecule has 5 rings (SSSR count). The fourth-order valence-corrected chi connectivity index (χ4v) is 4.72. The number of hydrogen-bond donors (Lipinski definition) is 3. The predicted molar refractivity (Wildman–Crippen MR) is 106 cm³/mol. The lowest BCUT2D eigenvalue weighted by atomic mass is 10.0. The van der Waals surface area contributed by atoms with Gasteiger partial charge in [-0.2, -0.15) is 0 Å². The second-order valence-electron chi connectivity index (χ2n) is 7.86. The van der Waals surface area contributed by atoms with Gasteiger partial charge in [0.1, 0.15) is 5.75 Å². The van der Waals surface area contributed by atoms with Crippen molar-refractivity contribution in [1.82, 2.24) is 20.4 Å². The van der Waals surface area contributed by atoms with E-state index in [9.17, 15) is 5.11 Å². The first-order chi connectivity index (χ1) is 13.2. The van der Waals surface area contributed by atoms with E-state index in [4.69, 9.17) is 0 Å². The zero-order valence-corrected chi connectivity index (χ0v) is 15.6. The maximum Gasteiger partial charge on any atom is 0.172 e. The topological polar surface area (TPSA) is 76.5 Å². The van der Waals surface area contributed by atoms with Crippen LogP contribution in [0.1, 0.15) is 13.3 Å². The largest absolute Gasteiger partial charge is 0.507 e. The van der Waals surface area contributed by atoms with Gasteiger partial charge < -0.3 is 20.6 Å². The fourth-order valence-electron chi connectivity index (χ4n) is 4.72. The Kier molecular flexibility index (Phi) is 4.13. The summed E-state index contributed by atoms with van der Waals surface area (Å²) in [6.07, 6.45) is 1.24. The van der Waals surface area contributed by atoms with Crippen LogP contribution in [0.25, 0.3) is 11.3 Å². The van der Waals surface area contributed by atoms with E-state index in [1.54, 1.807) is 6.07 Å². The summed E-state index contributed by atoms with van der Waals surface area (Å²) >= 11 is 0.